The Balaban J connectivity index is 2.88. The summed E-state index contributed by atoms with van der Waals surface area (Å²) >= 11 is 0. The van der Waals surface area contributed by atoms with Gasteiger partial charge in [0, 0.05) is 13.6 Å². The summed E-state index contributed by atoms with van der Waals surface area (Å²) in [5.74, 6) is 0.153. The van der Waals surface area contributed by atoms with Crippen LogP contribution in [-0.2, 0) is 16.6 Å². The molecule has 1 aromatic rings. The van der Waals surface area contributed by atoms with Gasteiger partial charge in [-0.15, -0.1) is 0 Å². The molecule has 0 bridgehead atoms. The zero-order valence-corrected chi connectivity index (χ0v) is 13.0. The van der Waals surface area contributed by atoms with Crippen LogP contribution in [0, 0.1) is 5.41 Å². The van der Waals surface area contributed by atoms with Crippen molar-refractivity contribution in [1.82, 2.24) is 0 Å². The second-order valence-electron chi connectivity index (χ2n) is 5.97. The first-order valence-corrected chi connectivity index (χ1v) is 8.02. The standard InChI is InChI=1S/C14H24N2O2S/c1-14(2,3)8-9-19(17,18)16(4)13-7-5-6-12(10-13)11-15/h5-7,10H,8-9,11,15H2,1-4H3. The maximum absolute atomic E-state index is 12.3. The molecule has 5 heteroatoms. The molecule has 0 aromatic heterocycles. The van der Waals surface area contributed by atoms with Crippen LogP contribution in [0.1, 0.15) is 32.8 Å². The van der Waals surface area contributed by atoms with Crippen molar-refractivity contribution in [3.05, 3.63) is 29.8 Å². The van der Waals surface area contributed by atoms with Crippen molar-refractivity contribution in [3.8, 4) is 0 Å². The summed E-state index contributed by atoms with van der Waals surface area (Å²) in [6, 6.07) is 7.31. The Kier molecular flexibility index (Phi) is 4.98. The van der Waals surface area contributed by atoms with Gasteiger partial charge >= 0.3 is 0 Å². The number of nitrogens with zero attached hydrogens (tertiary/aromatic N) is 1. The molecule has 19 heavy (non-hydrogen) atoms. The molecule has 4 nitrogen and oxygen atoms in total. The number of rotatable bonds is 5. The lowest BCUT2D eigenvalue weighted by molar-refractivity contribution is 0.397. The highest BCUT2D eigenvalue weighted by atomic mass is 32.2. The van der Waals surface area contributed by atoms with Crippen LogP contribution in [-0.4, -0.2) is 21.2 Å². The van der Waals surface area contributed by atoms with E-state index >= 15 is 0 Å². The largest absolute Gasteiger partial charge is 0.326 e. The normalized spacial score (nSPS) is 12.5. The average Bonchev–Trinajstić information content (AvgIpc) is 2.35. The number of hydrogen-bond acceptors (Lipinski definition) is 3. The molecule has 0 saturated heterocycles. The van der Waals surface area contributed by atoms with Gasteiger partial charge in [-0.3, -0.25) is 4.31 Å². The van der Waals surface area contributed by atoms with Crippen LogP contribution in [0.3, 0.4) is 0 Å². The minimum absolute atomic E-state index is 0.00696. The third-order valence-electron chi connectivity index (χ3n) is 3.04. The molecule has 2 N–H and O–H groups in total. The molecule has 0 fully saturated rings. The van der Waals surface area contributed by atoms with Crippen molar-refractivity contribution >= 4 is 15.7 Å². The molecule has 0 radical (unpaired) electrons. The van der Waals surface area contributed by atoms with Gasteiger partial charge in [0.05, 0.1) is 11.4 Å². The maximum Gasteiger partial charge on any atom is 0.234 e. The Morgan fingerprint density at radius 1 is 1.26 bits per heavy atom. The molecule has 0 aliphatic heterocycles. The predicted molar refractivity (Wildman–Crippen MR) is 80.6 cm³/mol. The lowest BCUT2D eigenvalue weighted by Crippen LogP contribution is -2.30. The van der Waals surface area contributed by atoms with E-state index in [1.54, 1.807) is 13.1 Å². The van der Waals surface area contributed by atoms with Crippen molar-refractivity contribution in [1.29, 1.82) is 0 Å². The van der Waals surface area contributed by atoms with E-state index in [0.717, 1.165) is 5.56 Å². The molecule has 0 saturated carbocycles. The van der Waals surface area contributed by atoms with E-state index in [1.807, 2.05) is 39.0 Å². The van der Waals surface area contributed by atoms with E-state index in [4.69, 9.17) is 5.73 Å². The lowest BCUT2D eigenvalue weighted by Gasteiger charge is -2.23. The summed E-state index contributed by atoms with van der Waals surface area (Å²) in [6.07, 6.45) is 0.635. The molecule has 0 amide bonds. The average molecular weight is 284 g/mol. The van der Waals surface area contributed by atoms with Gasteiger partial charge in [-0.25, -0.2) is 8.42 Å². The quantitative estimate of drug-likeness (QED) is 0.902. The summed E-state index contributed by atoms with van der Waals surface area (Å²) in [6.45, 7) is 6.52. The number of sulfonamides is 1. The van der Waals surface area contributed by atoms with Gasteiger partial charge in [-0.05, 0) is 29.5 Å². The molecule has 0 aliphatic carbocycles. The van der Waals surface area contributed by atoms with E-state index < -0.39 is 10.0 Å². The first-order chi connectivity index (χ1) is 8.65. The fourth-order valence-electron chi connectivity index (χ4n) is 1.61. The zero-order valence-electron chi connectivity index (χ0n) is 12.2. The fourth-order valence-corrected chi connectivity index (χ4v) is 3.19. The smallest absolute Gasteiger partial charge is 0.234 e. The van der Waals surface area contributed by atoms with Crippen LogP contribution in [0.25, 0.3) is 0 Å². The number of hydrogen-bond donors (Lipinski definition) is 1. The molecule has 0 atom stereocenters. The van der Waals surface area contributed by atoms with Crippen LogP contribution in [0.5, 0.6) is 0 Å². The second kappa shape index (κ2) is 5.92. The molecule has 108 valence electrons. The Bertz CT molecular complexity index is 518. The Labute approximate surface area is 116 Å². The lowest BCUT2D eigenvalue weighted by atomic mass is 9.94. The summed E-state index contributed by atoms with van der Waals surface area (Å²) in [5.41, 5.74) is 7.17. The van der Waals surface area contributed by atoms with Gasteiger partial charge in [0.2, 0.25) is 10.0 Å². The van der Waals surface area contributed by atoms with E-state index in [0.29, 0.717) is 18.7 Å². The Morgan fingerprint density at radius 2 is 1.89 bits per heavy atom. The minimum Gasteiger partial charge on any atom is -0.326 e. The minimum atomic E-state index is -3.28. The monoisotopic (exact) mass is 284 g/mol. The van der Waals surface area contributed by atoms with Crippen molar-refractivity contribution < 1.29 is 8.42 Å². The molecular weight excluding hydrogens is 260 g/mol. The van der Waals surface area contributed by atoms with Crippen molar-refractivity contribution in [2.24, 2.45) is 11.1 Å². The summed E-state index contributed by atoms with van der Waals surface area (Å²) < 4.78 is 25.9. The summed E-state index contributed by atoms with van der Waals surface area (Å²) in [5, 5.41) is 0. The van der Waals surface area contributed by atoms with E-state index in [1.165, 1.54) is 4.31 Å². The fraction of sp³-hybridized carbons (Fsp3) is 0.571. The van der Waals surface area contributed by atoms with Crippen LogP contribution in [0.15, 0.2) is 24.3 Å². The molecule has 1 rings (SSSR count). The number of benzene rings is 1. The highest BCUT2D eigenvalue weighted by Gasteiger charge is 2.22. The zero-order chi connectivity index (χ0) is 14.7. The predicted octanol–water partition coefficient (Wildman–Crippen LogP) is 2.35. The number of nitrogens with two attached hydrogens (primary N) is 1. The van der Waals surface area contributed by atoms with Crippen molar-refractivity contribution in [2.75, 3.05) is 17.1 Å². The van der Waals surface area contributed by atoms with Gasteiger partial charge in [0.1, 0.15) is 0 Å². The molecule has 1 aromatic carbocycles. The van der Waals surface area contributed by atoms with E-state index in [2.05, 4.69) is 0 Å². The molecular formula is C14H24N2O2S. The third kappa shape index (κ3) is 4.84. The number of anilines is 1. The highest BCUT2D eigenvalue weighted by Crippen LogP contribution is 2.23. The van der Waals surface area contributed by atoms with Gasteiger partial charge in [-0.1, -0.05) is 32.9 Å². The summed E-state index contributed by atoms with van der Waals surface area (Å²) in [7, 11) is -1.69. The maximum atomic E-state index is 12.3. The molecule has 0 spiro atoms. The first kappa shape index (κ1) is 16.0. The van der Waals surface area contributed by atoms with Gasteiger partial charge in [0.15, 0.2) is 0 Å². The van der Waals surface area contributed by atoms with Crippen LogP contribution in [0.2, 0.25) is 0 Å². The van der Waals surface area contributed by atoms with Crippen LogP contribution >= 0.6 is 0 Å². The van der Waals surface area contributed by atoms with Gasteiger partial charge < -0.3 is 5.73 Å². The van der Waals surface area contributed by atoms with E-state index in [-0.39, 0.29) is 11.2 Å². The van der Waals surface area contributed by atoms with Gasteiger partial charge in [-0.2, -0.15) is 0 Å². The molecule has 0 unspecified atom stereocenters. The van der Waals surface area contributed by atoms with Crippen LogP contribution < -0.4 is 10.0 Å². The first-order valence-electron chi connectivity index (χ1n) is 6.41. The third-order valence-corrected chi connectivity index (χ3v) is 4.80. The molecule has 0 heterocycles. The Hall–Kier alpha value is -1.07. The Morgan fingerprint density at radius 3 is 2.42 bits per heavy atom. The second-order valence-corrected chi connectivity index (χ2v) is 8.09. The van der Waals surface area contributed by atoms with Crippen LogP contribution in [0.4, 0.5) is 5.69 Å². The summed E-state index contributed by atoms with van der Waals surface area (Å²) in [4.78, 5) is 0. The van der Waals surface area contributed by atoms with Crippen molar-refractivity contribution in [2.45, 2.75) is 33.7 Å². The van der Waals surface area contributed by atoms with Crippen molar-refractivity contribution in [3.63, 3.8) is 0 Å². The topological polar surface area (TPSA) is 63.4 Å². The molecule has 0 aliphatic rings. The van der Waals surface area contributed by atoms with Gasteiger partial charge in [0.25, 0.3) is 0 Å². The SMILES string of the molecule is CN(c1cccc(CN)c1)S(=O)(=O)CCC(C)(C)C. The highest BCUT2D eigenvalue weighted by molar-refractivity contribution is 7.92. The van der Waals surface area contributed by atoms with E-state index in [9.17, 15) is 8.42 Å².